The molecule has 23 heavy (non-hydrogen) atoms. The van der Waals surface area contributed by atoms with Gasteiger partial charge < -0.3 is 0 Å². The predicted molar refractivity (Wildman–Crippen MR) is 87.3 cm³/mol. The minimum absolute atomic E-state index is 0.200. The summed E-state index contributed by atoms with van der Waals surface area (Å²) in [6.07, 6.45) is 5.13. The first-order valence-electron chi connectivity index (χ1n) is 8.23. The summed E-state index contributed by atoms with van der Waals surface area (Å²) in [4.78, 5) is 12.6. The molecule has 6 nitrogen and oxygen atoms in total. The van der Waals surface area contributed by atoms with Crippen molar-refractivity contribution in [2.24, 2.45) is 0 Å². The summed E-state index contributed by atoms with van der Waals surface area (Å²) < 4.78 is 26.7. The van der Waals surface area contributed by atoms with Gasteiger partial charge in [-0.3, -0.25) is 10.2 Å². The third-order valence-electron chi connectivity index (χ3n) is 4.41. The minimum atomic E-state index is -3.49. The summed E-state index contributed by atoms with van der Waals surface area (Å²) in [5.74, 6) is -0.245. The average molecular weight is 337 g/mol. The molecule has 0 aromatic heterocycles. The van der Waals surface area contributed by atoms with Crippen LogP contribution in [0.1, 0.15) is 42.5 Å². The highest BCUT2D eigenvalue weighted by molar-refractivity contribution is 7.89. The maximum absolute atomic E-state index is 12.6. The van der Waals surface area contributed by atoms with E-state index in [4.69, 9.17) is 0 Å². The van der Waals surface area contributed by atoms with Crippen molar-refractivity contribution < 1.29 is 13.2 Å². The smallest absolute Gasteiger partial charge is 0.265 e. The Hall–Kier alpha value is -1.44. The van der Waals surface area contributed by atoms with E-state index in [1.165, 1.54) is 16.8 Å². The highest BCUT2D eigenvalue weighted by atomic mass is 32.2. The number of piperidine rings is 1. The van der Waals surface area contributed by atoms with Crippen LogP contribution < -0.4 is 5.43 Å². The van der Waals surface area contributed by atoms with Gasteiger partial charge in [0.1, 0.15) is 0 Å². The summed E-state index contributed by atoms with van der Waals surface area (Å²) in [6, 6.07) is 6.33. The van der Waals surface area contributed by atoms with Crippen LogP contribution in [0.3, 0.4) is 0 Å². The van der Waals surface area contributed by atoms with Crippen LogP contribution >= 0.6 is 0 Å². The number of nitrogens with one attached hydrogen (secondary N) is 1. The molecule has 0 radical (unpaired) electrons. The lowest BCUT2D eigenvalue weighted by molar-refractivity contribution is 0.0750. The Kier molecular flexibility index (Phi) is 4.99. The second-order valence-electron chi connectivity index (χ2n) is 6.13. The number of rotatable bonds is 4. The molecule has 0 spiro atoms. The Labute approximate surface area is 137 Å². The zero-order valence-electron chi connectivity index (χ0n) is 13.2. The molecule has 1 N–H and O–H groups in total. The van der Waals surface area contributed by atoms with Crippen LogP contribution in [0, 0.1) is 0 Å². The van der Waals surface area contributed by atoms with Crippen LogP contribution in [-0.2, 0) is 10.0 Å². The normalized spacial score (nSPS) is 20.5. The van der Waals surface area contributed by atoms with Crippen LogP contribution in [0.4, 0.5) is 0 Å². The van der Waals surface area contributed by atoms with E-state index in [0.717, 1.165) is 38.8 Å². The van der Waals surface area contributed by atoms with Gasteiger partial charge in [0.25, 0.3) is 5.91 Å². The van der Waals surface area contributed by atoms with E-state index >= 15 is 0 Å². The summed E-state index contributed by atoms with van der Waals surface area (Å²) >= 11 is 0. The number of carbonyl (C=O) groups is 1. The van der Waals surface area contributed by atoms with Crippen molar-refractivity contribution in [3.8, 4) is 0 Å². The summed E-state index contributed by atoms with van der Waals surface area (Å²) in [6.45, 7) is 2.81. The van der Waals surface area contributed by atoms with Crippen molar-refractivity contribution >= 4 is 15.9 Å². The van der Waals surface area contributed by atoms with Gasteiger partial charge in [-0.2, -0.15) is 4.31 Å². The first-order chi connectivity index (χ1) is 11.1. The van der Waals surface area contributed by atoms with E-state index in [1.54, 1.807) is 18.2 Å². The lowest BCUT2D eigenvalue weighted by Crippen LogP contribution is -2.45. The Bertz CT molecular complexity index is 663. The fraction of sp³-hybridized carbons (Fsp3) is 0.562. The van der Waals surface area contributed by atoms with E-state index < -0.39 is 10.0 Å². The molecule has 126 valence electrons. The molecule has 2 saturated heterocycles. The first kappa shape index (κ1) is 16.4. The van der Waals surface area contributed by atoms with Crippen molar-refractivity contribution in [3.05, 3.63) is 29.8 Å². The Balaban J connectivity index is 1.75. The monoisotopic (exact) mass is 337 g/mol. The fourth-order valence-corrected chi connectivity index (χ4v) is 4.65. The van der Waals surface area contributed by atoms with Crippen molar-refractivity contribution in [1.82, 2.24) is 14.7 Å². The van der Waals surface area contributed by atoms with Crippen LogP contribution in [0.15, 0.2) is 29.2 Å². The van der Waals surface area contributed by atoms with Crippen molar-refractivity contribution in [2.45, 2.75) is 37.0 Å². The summed E-state index contributed by atoms with van der Waals surface area (Å²) in [7, 11) is -3.49. The van der Waals surface area contributed by atoms with E-state index in [2.05, 4.69) is 5.43 Å². The summed E-state index contributed by atoms with van der Waals surface area (Å²) in [5, 5.41) is 1.91. The number of benzene rings is 1. The Morgan fingerprint density at radius 2 is 1.61 bits per heavy atom. The standard InChI is InChI=1S/C16H23N3O3S/c20-16(17-18-9-2-1-3-10-18)14-7-6-8-15(13-14)23(21,22)19-11-4-5-12-19/h6-8,13H,1-5,9-12H2,(H,17,20). The molecule has 0 saturated carbocycles. The third kappa shape index (κ3) is 3.73. The lowest BCUT2D eigenvalue weighted by Gasteiger charge is -2.26. The van der Waals surface area contributed by atoms with Gasteiger partial charge in [-0.1, -0.05) is 12.5 Å². The van der Waals surface area contributed by atoms with Crippen molar-refractivity contribution in [3.63, 3.8) is 0 Å². The van der Waals surface area contributed by atoms with Gasteiger partial charge in [-0.05, 0) is 43.9 Å². The van der Waals surface area contributed by atoms with Crippen LogP contribution in [0.2, 0.25) is 0 Å². The Morgan fingerprint density at radius 1 is 0.957 bits per heavy atom. The largest absolute Gasteiger partial charge is 0.285 e. The molecule has 2 fully saturated rings. The van der Waals surface area contributed by atoms with Crippen molar-refractivity contribution in [1.29, 1.82) is 0 Å². The number of hydrazine groups is 1. The average Bonchev–Trinajstić information content (AvgIpc) is 3.11. The van der Waals surface area contributed by atoms with E-state index in [-0.39, 0.29) is 10.8 Å². The van der Waals surface area contributed by atoms with Gasteiger partial charge in [0.2, 0.25) is 10.0 Å². The van der Waals surface area contributed by atoms with Gasteiger partial charge in [-0.15, -0.1) is 0 Å². The highest BCUT2D eigenvalue weighted by Gasteiger charge is 2.27. The predicted octanol–water partition coefficient (Wildman–Crippen LogP) is 1.60. The van der Waals surface area contributed by atoms with Gasteiger partial charge in [0, 0.05) is 31.7 Å². The van der Waals surface area contributed by atoms with Gasteiger partial charge >= 0.3 is 0 Å². The third-order valence-corrected chi connectivity index (χ3v) is 6.31. The molecule has 3 rings (SSSR count). The van der Waals surface area contributed by atoms with E-state index in [9.17, 15) is 13.2 Å². The molecule has 2 aliphatic rings. The minimum Gasteiger partial charge on any atom is -0.285 e. The lowest BCUT2D eigenvalue weighted by atomic mass is 10.1. The number of hydrogen-bond donors (Lipinski definition) is 1. The van der Waals surface area contributed by atoms with Crippen LogP contribution in [-0.4, -0.2) is 49.8 Å². The molecular formula is C16H23N3O3S. The maximum atomic E-state index is 12.6. The van der Waals surface area contributed by atoms with Gasteiger partial charge in [0.15, 0.2) is 0 Å². The van der Waals surface area contributed by atoms with E-state index in [1.807, 2.05) is 5.01 Å². The molecule has 1 amide bonds. The van der Waals surface area contributed by atoms with Crippen LogP contribution in [0.25, 0.3) is 0 Å². The number of nitrogens with zero attached hydrogens (tertiary/aromatic N) is 2. The molecule has 1 aromatic rings. The maximum Gasteiger partial charge on any atom is 0.265 e. The molecule has 2 aliphatic heterocycles. The first-order valence-corrected chi connectivity index (χ1v) is 9.67. The molecule has 1 aromatic carbocycles. The zero-order chi connectivity index (χ0) is 16.3. The topological polar surface area (TPSA) is 69.7 Å². The number of amides is 1. The second kappa shape index (κ2) is 6.98. The number of hydrogen-bond acceptors (Lipinski definition) is 4. The highest BCUT2D eigenvalue weighted by Crippen LogP contribution is 2.21. The zero-order valence-corrected chi connectivity index (χ0v) is 14.0. The number of sulfonamides is 1. The van der Waals surface area contributed by atoms with Crippen LogP contribution in [0.5, 0.6) is 0 Å². The molecular weight excluding hydrogens is 314 g/mol. The quantitative estimate of drug-likeness (QED) is 0.906. The van der Waals surface area contributed by atoms with E-state index in [0.29, 0.717) is 18.7 Å². The summed E-state index contributed by atoms with van der Waals surface area (Å²) in [5.41, 5.74) is 3.25. The van der Waals surface area contributed by atoms with Gasteiger partial charge in [-0.25, -0.2) is 13.4 Å². The Morgan fingerprint density at radius 3 is 2.30 bits per heavy atom. The molecule has 0 aliphatic carbocycles. The molecule has 7 heteroatoms. The molecule has 0 unspecified atom stereocenters. The SMILES string of the molecule is O=C(NN1CCCCC1)c1cccc(S(=O)(=O)N2CCCC2)c1. The van der Waals surface area contributed by atoms with Gasteiger partial charge in [0.05, 0.1) is 4.90 Å². The molecule has 0 bridgehead atoms. The van der Waals surface area contributed by atoms with Crippen molar-refractivity contribution in [2.75, 3.05) is 26.2 Å². The fourth-order valence-electron chi connectivity index (χ4n) is 3.09. The number of carbonyl (C=O) groups excluding carboxylic acids is 1. The molecule has 0 atom stereocenters. The second-order valence-corrected chi connectivity index (χ2v) is 8.07. The molecule has 2 heterocycles.